The third-order valence-corrected chi connectivity index (χ3v) is 3.14. The molecule has 0 bridgehead atoms. The van der Waals surface area contributed by atoms with Gasteiger partial charge in [-0.1, -0.05) is 20.3 Å². The van der Waals surface area contributed by atoms with Gasteiger partial charge in [-0.15, -0.1) is 0 Å². The summed E-state index contributed by atoms with van der Waals surface area (Å²) in [6.07, 6.45) is 5.18. The first-order valence-electron chi connectivity index (χ1n) is 4.90. The van der Waals surface area contributed by atoms with Crippen molar-refractivity contribution in [2.45, 2.75) is 51.6 Å². The van der Waals surface area contributed by atoms with Crippen LogP contribution in [0.25, 0.3) is 0 Å². The van der Waals surface area contributed by atoms with E-state index in [1.165, 1.54) is 6.42 Å². The molecule has 1 aliphatic rings. The summed E-state index contributed by atoms with van der Waals surface area (Å²) >= 11 is 0. The highest BCUT2D eigenvalue weighted by Gasteiger charge is 2.32. The van der Waals surface area contributed by atoms with Gasteiger partial charge in [0.2, 0.25) is 0 Å². The zero-order valence-corrected chi connectivity index (χ0v) is 8.27. The molecule has 72 valence electrons. The molecule has 0 heterocycles. The predicted molar refractivity (Wildman–Crippen MR) is 50.9 cm³/mol. The maximum Gasteiger partial charge on any atom is 0.0769 e. The van der Waals surface area contributed by atoms with E-state index in [0.717, 1.165) is 25.7 Å². The van der Waals surface area contributed by atoms with Crippen molar-refractivity contribution in [1.82, 2.24) is 0 Å². The Morgan fingerprint density at radius 1 is 1.17 bits per heavy atom. The summed E-state index contributed by atoms with van der Waals surface area (Å²) in [4.78, 5) is 0. The molecule has 12 heavy (non-hydrogen) atoms. The van der Waals surface area contributed by atoms with E-state index in [0.29, 0.717) is 12.0 Å². The Balaban J connectivity index is 2.56. The SMILES string of the molecule is CC1(C)CCC[C@](O)(CN)CC1. The molecular formula is C10H21NO. The van der Waals surface area contributed by atoms with Crippen LogP contribution in [0.2, 0.25) is 0 Å². The lowest BCUT2D eigenvalue weighted by Crippen LogP contribution is -2.37. The van der Waals surface area contributed by atoms with E-state index >= 15 is 0 Å². The fourth-order valence-electron chi connectivity index (χ4n) is 1.92. The third-order valence-electron chi connectivity index (χ3n) is 3.14. The summed E-state index contributed by atoms with van der Waals surface area (Å²) in [6.45, 7) is 4.97. The Hall–Kier alpha value is -0.0800. The second kappa shape index (κ2) is 3.35. The monoisotopic (exact) mass is 171 g/mol. The predicted octanol–water partition coefficient (Wildman–Crippen LogP) is 1.67. The van der Waals surface area contributed by atoms with Gasteiger partial charge in [-0.3, -0.25) is 0 Å². The van der Waals surface area contributed by atoms with E-state index in [9.17, 15) is 5.11 Å². The number of nitrogens with two attached hydrogens (primary N) is 1. The highest BCUT2D eigenvalue weighted by Crippen LogP contribution is 2.37. The minimum Gasteiger partial charge on any atom is -0.389 e. The zero-order valence-electron chi connectivity index (χ0n) is 8.27. The van der Waals surface area contributed by atoms with Gasteiger partial charge in [0.05, 0.1) is 5.60 Å². The van der Waals surface area contributed by atoms with Crippen LogP contribution in [0.4, 0.5) is 0 Å². The average Bonchev–Trinajstić information content (AvgIpc) is 2.13. The van der Waals surface area contributed by atoms with Crippen molar-refractivity contribution in [2.24, 2.45) is 11.1 Å². The van der Waals surface area contributed by atoms with Crippen molar-refractivity contribution in [3.8, 4) is 0 Å². The van der Waals surface area contributed by atoms with E-state index in [-0.39, 0.29) is 0 Å². The Morgan fingerprint density at radius 3 is 2.42 bits per heavy atom. The van der Waals surface area contributed by atoms with Crippen LogP contribution in [0, 0.1) is 5.41 Å². The largest absolute Gasteiger partial charge is 0.389 e. The molecule has 1 rings (SSSR count). The number of aliphatic hydroxyl groups is 1. The molecule has 3 N–H and O–H groups in total. The number of rotatable bonds is 1. The molecule has 0 radical (unpaired) electrons. The van der Waals surface area contributed by atoms with Gasteiger partial charge in [-0.25, -0.2) is 0 Å². The fraction of sp³-hybridized carbons (Fsp3) is 1.00. The van der Waals surface area contributed by atoms with Crippen molar-refractivity contribution < 1.29 is 5.11 Å². The quantitative estimate of drug-likeness (QED) is 0.589. The van der Waals surface area contributed by atoms with Crippen LogP contribution in [0.5, 0.6) is 0 Å². The molecule has 2 heteroatoms. The second-order valence-electron chi connectivity index (χ2n) is 4.95. The van der Waals surface area contributed by atoms with Gasteiger partial charge in [0.15, 0.2) is 0 Å². The Morgan fingerprint density at radius 2 is 1.83 bits per heavy atom. The lowest BCUT2D eigenvalue weighted by atomic mass is 9.84. The highest BCUT2D eigenvalue weighted by atomic mass is 16.3. The standard InChI is InChI=1S/C10H21NO/c1-9(2)4-3-5-10(12,8-11)7-6-9/h12H,3-8,11H2,1-2H3/t10-/m1/s1. The summed E-state index contributed by atoms with van der Waals surface area (Å²) in [7, 11) is 0. The molecule has 0 spiro atoms. The first kappa shape index (κ1) is 10.0. The maximum atomic E-state index is 9.97. The lowest BCUT2D eigenvalue weighted by molar-refractivity contribution is 0.0311. The number of hydrogen-bond acceptors (Lipinski definition) is 2. The van der Waals surface area contributed by atoms with Crippen molar-refractivity contribution in [1.29, 1.82) is 0 Å². The molecule has 1 aliphatic carbocycles. The van der Waals surface area contributed by atoms with Crippen molar-refractivity contribution in [3.05, 3.63) is 0 Å². The third kappa shape index (κ3) is 2.46. The Kier molecular flexibility index (Phi) is 2.79. The van der Waals surface area contributed by atoms with E-state index < -0.39 is 5.60 Å². The Bertz CT molecular complexity index is 156. The maximum absolute atomic E-state index is 9.97. The summed E-state index contributed by atoms with van der Waals surface area (Å²) in [5.41, 5.74) is 5.39. The van der Waals surface area contributed by atoms with Crippen LogP contribution in [-0.4, -0.2) is 17.3 Å². The first-order chi connectivity index (χ1) is 5.47. The van der Waals surface area contributed by atoms with Gasteiger partial charge < -0.3 is 10.8 Å². The normalized spacial score (nSPS) is 36.0. The second-order valence-corrected chi connectivity index (χ2v) is 4.95. The van der Waals surface area contributed by atoms with Crippen LogP contribution in [0.15, 0.2) is 0 Å². The number of hydrogen-bond donors (Lipinski definition) is 2. The molecule has 0 aliphatic heterocycles. The zero-order chi connectivity index (χ0) is 9.24. The molecule has 0 saturated heterocycles. The van der Waals surface area contributed by atoms with Crippen LogP contribution in [0.1, 0.15) is 46.0 Å². The smallest absolute Gasteiger partial charge is 0.0769 e. The van der Waals surface area contributed by atoms with Crippen LogP contribution >= 0.6 is 0 Å². The lowest BCUT2D eigenvalue weighted by Gasteiger charge is -2.26. The molecule has 2 nitrogen and oxygen atoms in total. The van der Waals surface area contributed by atoms with Gasteiger partial charge in [-0.2, -0.15) is 0 Å². The van der Waals surface area contributed by atoms with Gasteiger partial charge >= 0.3 is 0 Å². The summed E-state index contributed by atoms with van der Waals surface area (Å²) in [6, 6.07) is 0. The van der Waals surface area contributed by atoms with Crippen molar-refractivity contribution in [3.63, 3.8) is 0 Å². The molecule has 1 saturated carbocycles. The van der Waals surface area contributed by atoms with E-state index in [2.05, 4.69) is 13.8 Å². The first-order valence-corrected chi connectivity index (χ1v) is 4.90. The molecule has 0 aromatic rings. The fourth-order valence-corrected chi connectivity index (χ4v) is 1.92. The van der Waals surface area contributed by atoms with Crippen molar-refractivity contribution in [2.75, 3.05) is 6.54 Å². The van der Waals surface area contributed by atoms with Gasteiger partial charge in [0, 0.05) is 6.54 Å². The molecule has 0 aromatic heterocycles. The molecule has 1 atom stereocenters. The summed E-state index contributed by atoms with van der Waals surface area (Å²) < 4.78 is 0. The van der Waals surface area contributed by atoms with Gasteiger partial charge in [0.1, 0.15) is 0 Å². The summed E-state index contributed by atoms with van der Waals surface area (Å²) in [5.74, 6) is 0. The van der Waals surface area contributed by atoms with Crippen LogP contribution in [-0.2, 0) is 0 Å². The molecule has 0 aromatic carbocycles. The van der Waals surface area contributed by atoms with Crippen LogP contribution < -0.4 is 5.73 Å². The minimum absolute atomic E-state index is 0.402. The van der Waals surface area contributed by atoms with E-state index in [1.807, 2.05) is 0 Å². The average molecular weight is 171 g/mol. The van der Waals surface area contributed by atoms with Gasteiger partial charge in [0.25, 0.3) is 0 Å². The molecule has 1 fully saturated rings. The van der Waals surface area contributed by atoms with Crippen molar-refractivity contribution >= 4 is 0 Å². The van der Waals surface area contributed by atoms with E-state index in [4.69, 9.17) is 5.73 Å². The molecular weight excluding hydrogens is 150 g/mol. The molecule has 0 unspecified atom stereocenters. The Labute approximate surface area is 75.2 Å². The molecule has 0 amide bonds. The minimum atomic E-state index is -0.562. The highest BCUT2D eigenvalue weighted by molar-refractivity contribution is 4.86. The van der Waals surface area contributed by atoms with Crippen LogP contribution in [0.3, 0.4) is 0 Å². The van der Waals surface area contributed by atoms with Gasteiger partial charge in [-0.05, 0) is 31.1 Å². The van der Waals surface area contributed by atoms with E-state index in [1.54, 1.807) is 0 Å². The summed E-state index contributed by atoms with van der Waals surface area (Å²) in [5, 5.41) is 9.97. The topological polar surface area (TPSA) is 46.2 Å².